The molecule has 0 unspecified atom stereocenters. The van der Waals surface area contributed by atoms with Crippen molar-refractivity contribution in [2.24, 2.45) is 0 Å². The Morgan fingerprint density at radius 2 is 1.74 bits per heavy atom. The van der Waals surface area contributed by atoms with Crippen LogP contribution < -0.4 is 9.64 Å². The number of imide groups is 1. The van der Waals surface area contributed by atoms with E-state index in [0.717, 1.165) is 10.3 Å². The van der Waals surface area contributed by atoms with Gasteiger partial charge >= 0.3 is 0 Å². The summed E-state index contributed by atoms with van der Waals surface area (Å²) in [6.07, 6.45) is 3.10. The SMILES string of the molecule is COc1ccc2c3c(cccc13)C(=O)N(c1cccnc1)C2=O. The van der Waals surface area contributed by atoms with Gasteiger partial charge in [-0.15, -0.1) is 0 Å². The van der Waals surface area contributed by atoms with Crippen molar-refractivity contribution in [3.63, 3.8) is 0 Å². The van der Waals surface area contributed by atoms with E-state index in [9.17, 15) is 9.59 Å². The summed E-state index contributed by atoms with van der Waals surface area (Å²) < 4.78 is 5.34. The van der Waals surface area contributed by atoms with Crippen LogP contribution in [-0.4, -0.2) is 23.9 Å². The van der Waals surface area contributed by atoms with Crippen LogP contribution >= 0.6 is 0 Å². The number of ether oxygens (including phenoxy) is 1. The Morgan fingerprint density at radius 3 is 2.43 bits per heavy atom. The number of benzene rings is 2. The molecule has 5 nitrogen and oxygen atoms in total. The summed E-state index contributed by atoms with van der Waals surface area (Å²) in [5, 5.41) is 1.40. The van der Waals surface area contributed by atoms with E-state index in [1.807, 2.05) is 6.07 Å². The molecule has 0 bridgehead atoms. The smallest absolute Gasteiger partial charge is 0.266 e. The molecule has 2 aromatic carbocycles. The van der Waals surface area contributed by atoms with Crippen molar-refractivity contribution in [2.75, 3.05) is 12.0 Å². The van der Waals surface area contributed by atoms with E-state index in [2.05, 4.69) is 4.98 Å². The lowest BCUT2D eigenvalue weighted by atomic mass is 9.93. The number of pyridine rings is 1. The molecule has 0 spiro atoms. The van der Waals surface area contributed by atoms with Crippen LogP contribution in [0.1, 0.15) is 20.7 Å². The third-order valence-electron chi connectivity index (χ3n) is 3.99. The van der Waals surface area contributed by atoms with E-state index >= 15 is 0 Å². The van der Waals surface area contributed by atoms with Crippen LogP contribution in [0.4, 0.5) is 5.69 Å². The molecule has 1 aromatic heterocycles. The third-order valence-corrected chi connectivity index (χ3v) is 3.99. The molecule has 5 heteroatoms. The highest BCUT2D eigenvalue weighted by molar-refractivity contribution is 6.36. The fraction of sp³-hybridized carbons (Fsp3) is 0.0556. The zero-order chi connectivity index (χ0) is 16.0. The fourth-order valence-corrected chi connectivity index (χ4v) is 2.97. The van der Waals surface area contributed by atoms with Crippen molar-refractivity contribution in [3.05, 3.63) is 66.0 Å². The Kier molecular flexibility index (Phi) is 2.87. The first kappa shape index (κ1) is 13.5. The molecule has 0 aliphatic carbocycles. The lowest BCUT2D eigenvalue weighted by molar-refractivity contribution is 0.0893. The minimum atomic E-state index is -0.352. The molecular weight excluding hydrogens is 292 g/mol. The molecule has 23 heavy (non-hydrogen) atoms. The highest BCUT2D eigenvalue weighted by atomic mass is 16.5. The topological polar surface area (TPSA) is 59.5 Å². The summed E-state index contributed by atoms with van der Waals surface area (Å²) in [6.45, 7) is 0. The maximum Gasteiger partial charge on any atom is 0.266 e. The number of carbonyl (C=O) groups is 2. The molecule has 1 aliphatic rings. The standard InChI is InChI=1S/C18H12N2O3/c1-23-15-8-7-14-16-12(15)5-2-6-13(16)17(21)20(18(14)22)11-4-3-9-19-10-11/h2-10H,1H3. The van der Waals surface area contributed by atoms with E-state index in [1.54, 1.807) is 49.7 Å². The molecule has 112 valence electrons. The average Bonchev–Trinajstić information content (AvgIpc) is 2.60. The number of methoxy groups -OCH3 is 1. The highest BCUT2D eigenvalue weighted by Crippen LogP contribution is 2.36. The van der Waals surface area contributed by atoms with Gasteiger partial charge in [-0.05, 0) is 30.3 Å². The Morgan fingerprint density at radius 1 is 0.957 bits per heavy atom. The number of aromatic nitrogens is 1. The first-order chi connectivity index (χ1) is 11.2. The van der Waals surface area contributed by atoms with Crippen LogP contribution in [0.15, 0.2) is 54.9 Å². The van der Waals surface area contributed by atoms with Gasteiger partial charge in [-0.3, -0.25) is 14.6 Å². The van der Waals surface area contributed by atoms with Crippen LogP contribution in [-0.2, 0) is 0 Å². The van der Waals surface area contributed by atoms with Gasteiger partial charge in [0.15, 0.2) is 0 Å². The van der Waals surface area contributed by atoms with Crippen LogP contribution in [0.2, 0.25) is 0 Å². The van der Waals surface area contributed by atoms with Crippen molar-refractivity contribution in [3.8, 4) is 5.75 Å². The molecular formula is C18H12N2O3. The van der Waals surface area contributed by atoms with E-state index in [1.165, 1.54) is 6.20 Å². The number of amides is 2. The molecule has 0 radical (unpaired) electrons. The van der Waals surface area contributed by atoms with Gasteiger partial charge in [0.25, 0.3) is 11.8 Å². The molecule has 0 saturated heterocycles. The zero-order valence-electron chi connectivity index (χ0n) is 12.3. The summed E-state index contributed by atoms with van der Waals surface area (Å²) in [5.74, 6) is -0.0651. The lowest BCUT2D eigenvalue weighted by Gasteiger charge is -2.27. The molecule has 2 heterocycles. The number of hydrogen-bond donors (Lipinski definition) is 0. The number of rotatable bonds is 2. The molecule has 0 atom stereocenters. The molecule has 4 rings (SSSR count). The summed E-state index contributed by atoms with van der Waals surface area (Å²) in [6, 6.07) is 12.2. The molecule has 0 fully saturated rings. The van der Waals surface area contributed by atoms with Gasteiger partial charge in [0.1, 0.15) is 5.75 Å². The summed E-state index contributed by atoms with van der Waals surface area (Å²) in [4.78, 5) is 30.9. The van der Waals surface area contributed by atoms with E-state index in [0.29, 0.717) is 28.0 Å². The monoisotopic (exact) mass is 304 g/mol. The largest absolute Gasteiger partial charge is 0.496 e. The fourth-order valence-electron chi connectivity index (χ4n) is 2.97. The van der Waals surface area contributed by atoms with Crippen LogP contribution in [0.3, 0.4) is 0 Å². The Balaban J connectivity index is 2.01. The van der Waals surface area contributed by atoms with Crippen molar-refractivity contribution < 1.29 is 14.3 Å². The first-order valence-electron chi connectivity index (χ1n) is 7.11. The van der Waals surface area contributed by atoms with Crippen LogP contribution in [0.25, 0.3) is 10.8 Å². The number of nitrogens with zero attached hydrogens (tertiary/aromatic N) is 2. The second-order valence-corrected chi connectivity index (χ2v) is 5.20. The van der Waals surface area contributed by atoms with E-state index in [4.69, 9.17) is 4.74 Å². The number of carbonyl (C=O) groups excluding carboxylic acids is 2. The quantitative estimate of drug-likeness (QED) is 0.683. The van der Waals surface area contributed by atoms with Gasteiger partial charge in [0.05, 0.1) is 19.0 Å². The van der Waals surface area contributed by atoms with Gasteiger partial charge in [-0.25, -0.2) is 4.90 Å². The molecule has 2 amide bonds. The normalized spacial score (nSPS) is 13.5. The van der Waals surface area contributed by atoms with Gasteiger partial charge in [0.2, 0.25) is 0 Å². The minimum Gasteiger partial charge on any atom is -0.496 e. The van der Waals surface area contributed by atoms with Crippen molar-refractivity contribution in [1.29, 1.82) is 0 Å². The van der Waals surface area contributed by atoms with Crippen molar-refractivity contribution in [2.45, 2.75) is 0 Å². The number of hydrogen-bond acceptors (Lipinski definition) is 4. The first-order valence-corrected chi connectivity index (χ1v) is 7.11. The van der Waals surface area contributed by atoms with Crippen molar-refractivity contribution >= 4 is 28.3 Å². The van der Waals surface area contributed by atoms with Crippen LogP contribution in [0, 0.1) is 0 Å². The molecule has 1 aliphatic heterocycles. The minimum absolute atomic E-state index is 0.352. The van der Waals surface area contributed by atoms with Crippen molar-refractivity contribution in [1.82, 2.24) is 4.98 Å². The number of anilines is 1. The van der Waals surface area contributed by atoms with Gasteiger partial charge < -0.3 is 4.74 Å². The van der Waals surface area contributed by atoms with E-state index < -0.39 is 0 Å². The second-order valence-electron chi connectivity index (χ2n) is 5.20. The van der Waals surface area contributed by atoms with Gasteiger partial charge in [0, 0.05) is 28.1 Å². The van der Waals surface area contributed by atoms with Crippen LogP contribution in [0.5, 0.6) is 5.75 Å². The Labute approximate surface area is 132 Å². The average molecular weight is 304 g/mol. The lowest BCUT2D eigenvalue weighted by Crippen LogP contribution is -2.40. The predicted molar refractivity (Wildman–Crippen MR) is 85.9 cm³/mol. The maximum absolute atomic E-state index is 12.9. The Bertz CT molecular complexity index is 929. The summed E-state index contributed by atoms with van der Waals surface area (Å²) in [5.41, 5.74) is 1.43. The predicted octanol–water partition coefficient (Wildman–Crippen LogP) is 3.04. The summed E-state index contributed by atoms with van der Waals surface area (Å²) in [7, 11) is 1.57. The molecule has 3 aromatic rings. The third kappa shape index (κ3) is 1.83. The summed E-state index contributed by atoms with van der Waals surface area (Å²) >= 11 is 0. The molecule has 0 saturated carbocycles. The Hall–Kier alpha value is -3.21. The van der Waals surface area contributed by atoms with Gasteiger partial charge in [-0.1, -0.05) is 12.1 Å². The zero-order valence-corrected chi connectivity index (χ0v) is 12.3. The second kappa shape index (κ2) is 4.91. The maximum atomic E-state index is 12.9. The highest BCUT2D eigenvalue weighted by Gasteiger charge is 2.34. The molecule has 0 N–H and O–H groups in total. The van der Waals surface area contributed by atoms with E-state index in [-0.39, 0.29) is 11.8 Å². The van der Waals surface area contributed by atoms with Gasteiger partial charge in [-0.2, -0.15) is 0 Å².